The van der Waals surface area contributed by atoms with Crippen molar-refractivity contribution < 1.29 is 26.7 Å². The number of rotatable bonds is 4. The van der Waals surface area contributed by atoms with Crippen LogP contribution in [0.2, 0.25) is 0 Å². The van der Waals surface area contributed by atoms with E-state index in [2.05, 4.69) is 15.2 Å². The van der Waals surface area contributed by atoms with Gasteiger partial charge in [0.15, 0.2) is 29.0 Å². The number of hydrogen-bond acceptors (Lipinski definition) is 8. The molecule has 4 atom stereocenters. The van der Waals surface area contributed by atoms with Crippen LogP contribution in [0.5, 0.6) is 6.01 Å². The van der Waals surface area contributed by atoms with Crippen LogP contribution in [0.1, 0.15) is 51.1 Å². The van der Waals surface area contributed by atoms with Gasteiger partial charge in [-0.3, -0.25) is 4.90 Å². The van der Waals surface area contributed by atoms with E-state index >= 15 is 17.6 Å². The summed E-state index contributed by atoms with van der Waals surface area (Å²) in [6, 6.07) is 4.24. The fourth-order valence-corrected chi connectivity index (χ4v) is 9.29. The number of ether oxygens (including phenoxy) is 1. The Kier molecular flexibility index (Phi) is 6.14. The van der Waals surface area contributed by atoms with Gasteiger partial charge in [-0.05, 0) is 74.7 Å². The quantitative estimate of drug-likeness (QED) is 0.159. The van der Waals surface area contributed by atoms with Crippen LogP contribution in [0.25, 0.3) is 32.9 Å². The molecule has 5 aliphatic rings. The zero-order valence-corrected chi connectivity index (χ0v) is 25.9. The van der Waals surface area contributed by atoms with Gasteiger partial charge in [0.05, 0.1) is 29.2 Å². The van der Waals surface area contributed by atoms with E-state index in [-0.39, 0.29) is 88.4 Å². The Hall–Kier alpha value is -3.84. The Morgan fingerprint density at radius 2 is 1.77 bits per heavy atom. The lowest BCUT2D eigenvalue weighted by atomic mass is 9.87. The van der Waals surface area contributed by atoms with Crippen molar-refractivity contribution in [3.63, 3.8) is 0 Å². The van der Waals surface area contributed by atoms with Crippen molar-refractivity contribution in [3.8, 4) is 17.3 Å². The van der Waals surface area contributed by atoms with E-state index in [0.717, 1.165) is 44.8 Å². The van der Waals surface area contributed by atoms with Crippen LogP contribution >= 0.6 is 0 Å². The molecule has 0 radical (unpaired) electrons. The summed E-state index contributed by atoms with van der Waals surface area (Å²) in [6.45, 7) is 3.88. The molecule has 2 aromatic heterocycles. The Morgan fingerprint density at radius 1 is 0.979 bits per heavy atom. The minimum atomic E-state index is -2.06. The monoisotopic (exact) mass is 651 g/mol. The minimum absolute atomic E-state index is 0.0117. The zero-order valence-electron chi connectivity index (χ0n) is 25.9. The summed E-state index contributed by atoms with van der Waals surface area (Å²) in [6.07, 6.45) is 4.12. The van der Waals surface area contributed by atoms with E-state index in [4.69, 9.17) is 20.4 Å². The van der Waals surface area contributed by atoms with Gasteiger partial charge in [0.25, 0.3) is 0 Å². The standard InChI is InChI=1S/C34H34F5N7O/c1-17-12-22-24-28(26(37)27(41-22)20-14-19(40)13-18-4-5-21(35)25(36)23(18)20)42-31(47-16-32-6-2-10-45(32)11-3-7-32)43-30(24)46-15-33(38)8-9-34(39,44-33)29(17)46/h4-5,13-14,17,29,44H,2-3,6-12,15-16,40H2,1H3/t17-,29-,33+,34-/m0/s1. The smallest absolute Gasteiger partial charge is 0.319 e. The lowest BCUT2D eigenvalue weighted by Gasteiger charge is -2.48. The molecule has 7 heterocycles. The molecule has 0 spiro atoms. The first-order valence-electron chi connectivity index (χ1n) is 16.4. The summed E-state index contributed by atoms with van der Waals surface area (Å²) < 4.78 is 85.8. The second-order valence-electron chi connectivity index (χ2n) is 14.2. The molecule has 0 unspecified atom stereocenters. The highest BCUT2D eigenvalue weighted by Crippen LogP contribution is 2.50. The molecule has 4 aromatic rings. The fraction of sp³-hybridized carbons (Fsp3) is 0.500. The SMILES string of the molecule is C[C@H]1Cc2nc(-c3cc(N)cc4ccc(F)c(F)c34)c(F)c3nc(OCC45CCCN4CCC5)nc(c23)N2C[C@@]3(F)CC[C@](F)(N3)[C@H]12. The molecule has 5 aliphatic heterocycles. The number of hydrogen-bond donors (Lipinski definition) is 2. The number of nitrogens with one attached hydrogen (secondary N) is 1. The Bertz CT molecular complexity index is 1980. The average Bonchev–Trinajstić information content (AvgIpc) is 3.66. The molecule has 4 fully saturated rings. The molecule has 2 aromatic carbocycles. The third-order valence-corrected chi connectivity index (χ3v) is 11.3. The van der Waals surface area contributed by atoms with Crippen molar-refractivity contribution in [2.75, 3.05) is 36.9 Å². The number of anilines is 2. The minimum Gasteiger partial charge on any atom is -0.461 e. The number of nitrogens with two attached hydrogens (primary N) is 1. The Balaban J connectivity index is 1.28. The number of aromatic nitrogens is 3. The van der Waals surface area contributed by atoms with Crippen LogP contribution in [0.4, 0.5) is 33.5 Å². The molecular formula is C34H34F5N7O. The number of pyridine rings is 1. The van der Waals surface area contributed by atoms with E-state index < -0.39 is 41.0 Å². The van der Waals surface area contributed by atoms with Crippen molar-refractivity contribution in [2.24, 2.45) is 5.92 Å². The highest BCUT2D eigenvalue weighted by Gasteiger charge is 2.62. The van der Waals surface area contributed by atoms with E-state index in [0.29, 0.717) is 5.69 Å². The maximum atomic E-state index is 17.0. The highest BCUT2D eigenvalue weighted by atomic mass is 19.2. The molecule has 2 bridgehead atoms. The van der Waals surface area contributed by atoms with Gasteiger partial charge in [-0.1, -0.05) is 13.0 Å². The van der Waals surface area contributed by atoms with Gasteiger partial charge >= 0.3 is 6.01 Å². The number of piperazine rings is 1. The Labute approximate surface area is 267 Å². The lowest BCUT2D eigenvalue weighted by Crippen LogP contribution is -2.69. The summed E-state index contributed by atoms with van der Waals surface area (Å²) in [7, 11) is 0. The normalized spacial score (nSPS) is 29.4. The number of fused-ring (bicyclic) bond motifs is 7. The van der Waals surface area contributed by atoms with E-state index in [1.165, 1.54) is 18.2 Å². The molecular weight excluding hydrogens is 617 g/mol. The largest absolute Gasteiger partial charge is 0.461 e. The maximum Gasteiger partial charge on any atom is 0.319 e. The first-order chi connectivity index (χ1) is 22.5. The van der Waals surface area contributed by atoms with E-state index in [1.807, 2.05) is 6.92 Å². The van der Waals surface area contributed by atoms with Gasteiger partial charge in [-0.25, -0.2) is 32.3 Å². The molecule has 9 rings (SSSR count). The predicted octanol–water partition coefficient (Wildman–Crippen LogP) is 5.95. The summed E-state index contributed by atoms with van der Waals surface area (Å²) in [5, 5.41) is 2.93. The fourth-order valence-electron chi connectivity index (χ4n) is 9.29. The maximum absolute atomic E-state index is 17.0. The molecule has 13 heteroatoms. The predicted molar refractivity (Wildman–Crippen MR) is 167 cm³/mol. The number of benzene rings is 2. The number of halogens is 5. The number of nitrogens with zero attached hydrogens (tertiary/aromatic N) is 5. The van der Waals surface area contributed by atoms with Crippen molar-refractivity contribution in [1.82, 2.24) is 25.2 Å². The van der Waals surface area contributed by atoms with Crippen molar-refractivity contribution in [2.45, 2.75) is 75.0 Å². The summed E-state index contributed by atoms with van der Waals surface area (Å²) in [5.41, 5.74) is 6.07. The number of alkyl halides is 2. The lowest BCUT2D eigenvalue weighted by molar-refractivity contribution is -0.00286. The number of nitrogen functional groups attached to an aromatic ring is 1. The van der Waals surface area contributed by atoms with Gasteiger partial charge in [0.2, 0.25) is 0 Å². The molecule has 47 heavy (non-hydrogen) atoms. The van der Waals surface area contributed by atoms with Crippen LogP contribution < -0.4 is 20.7 Å². The first-order valence-corrected chi connectivity index (χ1v) is 16.4. The van der Waals surface area contributed by atoms with Gasteiger partial charge in [-0.15, -0.1) is 0 Å². The molecule has 8 nitrogen and oxygen atoms in total. The van der Waals surface area contributed by atoms with Crippen LogP contribution in [0.3, 0.4) is 0 Å². The molecule has 4 saturated heterocycles. The van der Waals surface area contributed by atoms with Gasteiger partial charge in [0, 0.05) is 29.5 Å². The van der Waals surface area contributed by atoms with E-state index in [9.17, 15) is 4.39 Å². The molecule has 0 aliphatic carbocycles. The van der Waals surface area contributed by atoms with Crippen molar-refractivity contribution in [3.05, 3.63) is 47.4 Å². The second kappa shape index (κ2) is 9.85. The van der Waals surface area contributed by atoms with Gasteiger partial charge < -0.3 is 15.4 Å². The zero-order chi connectivity index (χ0) is 32.5. The average molecular weight is 652 g/mol. The van der Waals surface area contributed by atoms with Crippen LogP contribution in [-0.4, -0.2) is 69.3 Å². The topological polar surface area (TPSA) is 92.4 Å². The summed E-state index contributed by atoms with van der Waals surface area (Å²) in [4.78, 5) is 18.0. The molecule has 3 N–H and O–H groups in total. The van der Waals surface area contributed by atoms with E-state index in [1.54, 1.807) is 4.90 Å². The highest BCUT2D eigenvalue weighted by molar-refractivity contribution is 6.02. The van der Waals surface area contributed by atoms with Crippen LogP contribution in [0, 0.1) is 23.4 Å². The van der Waals surface area contributed by atoms with Crippen molar-refractivity contribution in [1.29, 1.82) is 0 Å². The second-order valence-corrected chi connectivity index (χ2v) is 14.2. The molecule has 246 valence electrons. The van der Waals surface area contributed by atoms with Gasteiger partial charge in [-0.2, -0.15) is 9.97 Å². The van der Waals surface area contributed by atoms with Crippen LogP contribution in [-0.2, 0) is 6.42 Å². The molecule has 0 amide bonds. The Morgan fingerprint density at radius 3 is 2.55 bits per heavy atom. The summed E-state index contributed by atoms with van der Waals surface area (Å²) >= 11 is 0. The third-order valence-electron chi connectivity index (χ3n) is 11.3. The van der Waals surface area contributed by atoms with Crippen LogP contribution in [0.15, 0.2) is 24.3 Å². The molecule has 0 saturated carbocycles. The summed E-state index contributed by atoms with van der Waals surface area (Å²) in [5.74, 6) is -7.52. The third kappa shape index (κ3) is 4.21. The first kappa shape index (κ1) is 29.3. The van der Waals surface area contributed by atoms with Crippen molar-refractivity contribution >= 4 is 33.2 Å². The van der Waals surface area contributed by atoms with Gasteiger partial charge in [0.1, 0.15) is 23.6 Å².